The van der Waals surface area contributed by atoms with Crippen LogP contribution < -0.4 is 16.6 Å². The molecule has 0 unspecified atom stereocenters. The lowest BCUT2D eigenvalue weighted by Gasteiger charge is -2.13. The molecule has 1 aromatic rings. The number of nitrogen functional groups attached to an aromatic ring is 1. The zero-order chi connectivity index (χ0) is 14.1. The molecule has 0 aromatic carbocycles. The summed E-state index contributed by atoms with van der Waals surface area (Å²) in [5, 5.41) is 3.35. The third kappa shape index (κ3) is 5.00. The van der Waals surface area contributed by atoms with Crippen molar-refractivity contribution in [2.75, 3.05) is 31.0 Å². The van der Waals surface area contributed by atoms with Crippen molar-refractivity contribution in [3.05, 3.63) is 11.4 Å². The van der Waals surface area contributed by atoms with Gasteiger partial charge in [0.2, 0.25) is 0 Å². The van der Waals surface area contributed by atoms with Crippen molar-refractivity contribution in [3.63, 3.8) is 0 Å². The average Bonchev–Trinajstić information content (AvgIpc) is 2.44. The molecule has 0 aliphatic heterocycles. The molecule has 4 N–H and O–H groups in total. The molecule has 0 saturated carbocycles. The van der Waals surface area contributed by atoms with Gasteiger partial charge in [0.15, 0.2) is 0 Å². The van der Waals surface area contributed by atoms with E-state index in [4.69, 9.17) is 10.6 Å². The summed E-state index contributed by atoms with van der Waals surface area (Å²) in [6, 6.07) is 0. The summed E-state index contributed by atoms with van der Waals surface area (Å²) in [5.74, 6) is 7.82. The molecule has 0 spiro atoms. The number of aryl methyl sites for hydroxylation is 1. The molecule has 0 atom stereocenters. The molecule has 0 aliphatic carbocycles. The lowest BCUT2D eigenvalue weighted by molar-refractivity contribution is 0.192. The van der Waals surface area contributed by atoms with Crippen molar-refractivity contribution >= 4 is 11.6 Å². The van der Waals surface area contributed by atoms with Crippen LogP contribution in [0.5, 0.6) is 0 Å². The third-order valence-electron chi connectivity index (χ3n) is 2.96. The second-order valence-electron chi connectivity index (χ2n) is 4.44. The van der Waals surface area contributed by atoms with Crippen LogP contribution in [-0.4, -0.2) is 30.2 Å². The summed E-state index contributed by atoms with van der Waals surface area (Å²) in [7, 11) is 1.73. The molecule has 0 bridgehead atoms. The number of hydrazine groups is 1. The van der Waals surface area contributed by atoms with E-state index in [-0.39, 0.29) is 0 Å². The monoisotopic (exact) mass is 267 g/mol. The smallest absolute Gasteiger partial charge is 0.148 e. The highest BCUT2D eigenvalue weighted by molar-refractivity contribution is 5.56. The predicted octanol–water partition coefficient (Wildman–Crippen LogP) is 1.86. The Morgan fingerprint density at radius 2 is 1.89 bits per heavy atom. The normalized spacial score (nSPS) is 10.5. The van der Waals surface area contributed by atoms with E-state index in [1.54, 1.807) is 7.11 Å². The molecule has 0 amide bonds. The topological polar surface area (TPSA) is 85.1 Å². The van der Waals surface area contributed by atoms with E-state index in [0.29, 0.717) is 5.82 Å². The van der Waals surface area contributed by atoms with Gasteiger partial charge in [-0.1, -0.05) is 6.92 Å². The van der Waals surface area contributed by atoms with Crippen LogP contribution in [0.4, 0.5) is 11.6 Å². The Bertz CT molecular complexity index is 384. The van der Waals surface area contributed by atoms with Crippen LogP contribution in [0.3, 0.4) is 0 Å². The van der Waals surface area contributed by atoms with Gasteiger partial charge in [0.1, 0.15) is 17.5 Å². The van der Waals surface area contributed by atoms with Crippen molar-refractivity contribution in [1.82, 2.24) is 9.97 Å². The molecular formula is C13H25N5O. The van der Waals surface area contributed by atoms with Crippen molar-refractivity contribution in [2.24, 2.45) is 5.84 Å². The van der Waals surface area contributed by atoms with Crippen molar-refractivity contribution in [2.45, 2.75) is 39.5 Å². The van der Waals surface area contributed by atoms with Crippen LogP contribution in [0, 0.1) is 6.92 Å². The standard InChI is InChI=1S/C13H25N5O/c1-4-11-16-12(10(2)13(17-11)18-14)15-8-6-5-7-9-19-3/h4-9,14H2,1-3H3,(H2,15,16,17,18). The summed E-state index contributed by atoms with van der Waals surface area (Å²) in [4.78, 5) is 8.83. The number of rotatable bonds is 9. The number of nitrogens with zero attached hydrogens (tertiary/aromatic N) is 2. The summed E-state index contributed by atoms with van der Waals surface area (Å²) >= 11 is 0. The minimum atomic E-state index is 0.689. The number of hydrogen-bond donors (Lipinski definition) is 3. The Kier molecular flexibility index (Phi) is 7.14. The van der Waals surface area contributed by atoms with Gasteiger partial charge in [0, 0.05) is 32.2 Å². The molecule has 6 heteroatoms. The first-order valence-electron chi connectivity index (χ1n) is 6.79. The second kappa shape index (κ2) is 8.66. The quantitative estimate of drug-likeness (QED) is 0.360. The fraction of sp³-hybridized carbons (Fsp3) is 0.692. The van der Waals surface area contributed by atoms with Gasteiger partial charge >= 0.3 is 0 Å². The summed E-state index contributed by atoms with van der Waals surface area (Å²) in [6.45, 7) is 5.71. The predicted molar refractivity (Wildman–Crippen MR) is 78.2 cm³/mol. The molecule has 19 heavy (non-hydrogen) atoms. The van der Waals surface area contributed by atoms with E-state index >= 15 is 0 Å². The number of anilines is 2. The Labute approximate surface area is 115 Å². The number of unbranched alkanes of at least 4 members (excludes halogenated alkanes) is 2. The van der Waals surface area contributed by atoms with Gasteiger partial charge in [-0.25, -0.2) is 15.8 Å². The Morgan fingerprint density at radius 3 is 2.53 bits per heavy atom. The number of nitrogens with one attached hydrogen (secondary N) is 2. The van der Waals surface area contributed by atoms with E-state index in [0.717, 1.165) is 56.0 Å². The largest absolute Gasteiger partial charge is 0.385 e. The molecule has 1 rings (SSSR count). The Morgan fingerprint density at radius 1 is 1.16 bits per heavy atom. The van der Waals surface area contributed by atoms with E-state index in [2.05, 4.69) is 20.7 Å². The summed E-state index contributed by atoms with van der Waals surface area (Å²) < 4.78 is 5.02. The minimum absolute atomic E-state index is 0.689. The molecule has 0 saturated heterocycles. The first kappa shape index (κ1) is 15.7. The third-order valence-corrected chi connectivity index (χ3v) is 2.96. The number of hydrogen-bond acceptors (Lipinski definition) is 6. The van der Waals surface area contributed by atoms with Crippen LogP contribution in [0.1, 0.15) is 37.6 Å². The highest BCUT2D eigenvalue weighted by Crippen LogP contribution is 2.19. The van der Waals surface area contributed by atoms with Crippen LogP contribution in [-0.2, 0) is 11.2 Å². The molecule has 0 radical (unpaired) electrons. The molecule has 0 fully saturated rings. The lowest BCUT2D eigenvalue weighted by atomic mass is 10.2. The number of ether oxygens (including phenoxy) is 1. The van der Waals surface area contributed by atoms with Crippen LogP contribution in [0.15, 0.2) is 0 Å². The van der Waals surface area contributed by atoms with Gasteiger partial charge in [-0.3, -0.25) is 0 Å². The maximum Gasteiger partial charge on any atom is 0.148 e. The number of methoxy groups -OCH3 is 1. The summed E-state index contributed by atoms with van der Waals surface area (Å²) in [5.41, 5.74) is 3.58. The van der Waals surface area contributed by atoms with E-state index in [1.165, 1.54) is 0 Å². The van der Waals surface area contributed by atoms with Gasteiger partial charge in [-0.2, -0.15) is 0 Å². The van der Waals surface area contributed by atoms with E-state index in [9.17, 15) is 0 Å². The van der Waals surface area contributed by atoms with E-state index in [1.807, 2.05) is 13.8 Å². The first-order chi connectivity index (χ1) is 9.22. The van der Waals surface area contributed by atoms with Gasteiger partial charge in [-0.15, -0.1) is 0 Å². The lowest BCUT2D eigenvalue weighted by Crippen LogP contribution is -2.15. The van der Waals surface area contributed by atoms with Gasteiger partial charge in [-0.05, 0) is 26.2 Å². The van der Waals surface area contributed by atoms with Crippen molar-refractivity contribution in [1.29, 1.82) is 0 Å². The molecule has 108 valence electrons. The maximum absolute atomic E-state index is 5.47. The molecule has 1 heterocycles. The first-order valence-corrected chi connectivity index (χ1v) is 6.79. The van der Waals surface area contributed by atoms with Gasteiger partial charge in [0.25, 0.3) is 0 Å². The SMILES string of the molecule is CCc1nc(NN)c(C)c(NCCCCCOC)n1. The second-order valence-corrected chi connectivity index (χ2v) is 4.44. The number of nitrogens with two attached hydrogens (primary N) is 1. The van der Waals surface area contributed by atoms with Gasteiger partial charge < -0.3 is 15.5 Å². The highest BCUT2D eigenvalue weighted by atomic mass is 16.5. The number of aromatic nitrogens is 2. The Balaban J connectivity index is 2.52. The summed E-state index contributed by atoms with van der Waals surface area (Å²) in [6.07, 6.45) is 4.13. The average molecular weight is 267 g/mol. The maximum atomic E-state index is 5.47. The fourth-order valence-electron chi connectivity index (χ4n) is 1.79. The van der Waals surface area contributed by atoms with Crippen LogP contribution in [0.2, 0.25) is 0 Å². The van der Waals surface area contributed by atoms with Crippen molar-refractivity contribution in [3.8, 4) is 0 Å². The highest BCUT2D eigenvalue weighted by Gasteiger charge is 2.08. The molecule has 0 aliphatic rings. The fourth-order valence-corrected chi connectivity index (χ4v) is 1.79. The zero-order valence-corrected chi connectivity index (χ0v) is 12.1. The van der Waals surface area contributed by atoms with Crippen LogP contribution >= 0.6 is 0 Å². The molecule has 1 aromatic heterocycles. The zero-order valence-electron chi connectivity index (χ0n) is 12.1. The minimum Gasteiger partial charge on any atom is -0.385 e. The van der Waals surface area contributed by atoms with Gasteiger partial charge in [0.05, 0.1) is 0 Å². The van der Waals surface area contributed by atoms with Crippen molar-refractivity contribution < 1.29 is 4.74 Å². The molecule has 6 nitrogen and oxygen atoms in total. The Hall–Kier alpha value is -1.40. The van der Waals surface area contributed by atoms with E-state index < -0.39 is 0 Å². The molecular weight excluding hydrogens is 242 g/mol. The van der Waals surface area contributed by atoms with Crippen LogP contribution in [0.25, 0.3) is 0 Å².